The molecular formula is C14H19F3N2O. The van der Waals surface area contributed by atoms with Crippen LogP contribution < -0.4 is 5.32 Å². The van der Waals surface area contributed by atoms with Crippen molar-refractivity contribution in [2.45, 2.75) is 32.0 Å². The molecule has 0 bridgehead atoms. The number of hydrogen-bond acceptors (Lipinski definition) is 3. The molecule has 2 heterocycles. The van der Waals surface area contributed by atoms with Crippen molar-refractivity contribution >= 4 is 0 Å². The fourth-order valence-electron chi connectivity index (χ4n) is 2.61. The maximum Gasteiger partial charge on any atom is 0.416 e. The molecule has 1 saturated heterocycles. The highest BCUT2D eigenvalue weighted by molar-refractivity contribution is 5.29. The third-order valence-electron chi connectivity index (χ3n) is 3.58. The summed E-state index contributed by atoms with van der Waals surface area (Å²) in [4.78, 5) is 3.87. The standard InChI is InChI=1S/C14H19F3N2O/c1-2-19-13(7-10-4-6-20-9-10)11-8-18-5-3-12(11)14(15,16)17/h3,5,8,10,13,19H,2,4,6-7,9H2,1H3. The first-order valence-electron chi connectivity index (χ1n) is 6.84. The third-order valence-corrected chi connectivity index (χ3v) is 3.58. The maximum atomic E-state index is 13.1. The second-order valence-electron chi connectivity index (χ2n) is 5.04. The summed E-state index contributed by atoms with van der Waals surface area (Å²) in [5, 5.41) is 3.14. The van der Waals surface area contributed by atoms with Crippen molar-refractivity contribution in [2.24, 2.45) is 5.92 Å². The summed E-state index contributed by atoms with van der Waals surface area (Å²) in [6.07, 6.45) is -0.287. The van der Waals surface area contributed by atoms with Crippen LogP contribution in [-0.2, 0) is 10.9 Å². The summed E-state index contributed by atoms with van der Waals surface area (Å²) in [5.41, 5.74) is -0.369. The first-order valence-corrected chi connectivity index (χ1v) is 6.84. The van der Waals surface area contributed by atoms with Gasteiger partial charge in [-0.05, 0) is 36.9 Å². The predicted octanol–water partition coefficient (Wildman–Crippen LogP) is 3.18. The largest absolute Gasteiger partial charge is 0.416 e. The molecule has 0 aromatic carbocycles. The number of alkyl halides is 3. The van der Waals surface area contributed by atoms with E-state index in [-0.39, 0.29) is 11.6 Å². The molecule has 112 valence electrons. The number of ether oxygens (including phenoxy) is 1. The number of nitrogens with one attached hydrogen (secondary N) is 1. The van der Waals surface area contributed by atoms with E-state index < -0.39 is 11.7 Å². The zero-order valence-corrected chi connectivity index (χ0v) is 11.4. The lowest BCUT2D eigenvalue weighted by Gasteiger charge is -2.24. The number of rotatable bonds is 5. The van der Waals surface area contributed by atoms with E-state index in [1.807, 2.05) is 6.92 Å². The molecule has 0 amide bonds. The van der Waals surface area contributed by atoms with Crippen LogP contribution in [0.25, 0.3) is 0 Å². The Morgan fingerprint density at radius 3 is 2.90 bits per heavy atom. The number of hydrogen-bond donors (Lipinski definition) is 1. The molecule has 1 aliphatic rings. The van der Waals surface area contributed by atoms with E-state index in [0.717, 1.165) is 12.5 Å². The smallest absolute Gasteiger partial charge is 0.381 e. The van der Waals surface area contributed by atoms with Gasteiger partial charge in [-0.25, -0.2) is 0 Å². The summed E-state index contributed by atoms with van der Waals surface area (Å²) in [6, 6.07) is 0.710. The van der Waals surface area contributed by atoms with Gasteiger partial charge in [0.25, 0.3) is 0 Å². The second kappa shape index (κ2) is 6.54. The number of aromatic nitrogens is 1. The normalized spacial score (nSPS) is 21.1. The van der Waals surface area contributed by atoms with E-state index >= 15 is 0 Å². The molecule has 2 atom stereocenters. The van der Waals surface area contributed by atoms with E-state index in [9.17, 15) is 13.2 Å². The zero-order valence-electron chi connectivity index (χ0n) is 11.4. The third kappa shape index (κ3) is 3.70. The van der Waals surface area contributed by atoms with Crippen LogP contribution in [0.15, 0.2) is 18.5 Å². The van der Waals surface area contributed by atoms with Crippen LogP contribution in [0.2, 0.25) is 0 Å². The second-order valence-corrected chi connectivity index (χ2v) is 5.04. The quantitative estimate of drug-likeness (QED) is 0.903. The highest BCUT2D eigenvalue weighted by Crippen LogP contribution is 2.36. The van der Waals surface area contributed by atoms with E-state index in [1.165, 1.54) is 12.4 Å². The topological polar surface area (TPSA) is 34.1 Å². The summed E-state index contributed by atoms with van der Waals surface area (Å²) < 4.78 is 44.6. The molecule has 1 aromatic heterocycles. The lowest BCUT2D eigenvalue weighted by Crippen LogP contribution is -2.26. The fourth-order valence-corrected chi connectivity index (χ4v) is 2.61. The van der Waals surface area contributed by atoms with Crippen molar-refractivity contribution in [3.8, 4) is 0 Å². The van der Waals surface area contributed by atoms with Crippen LogP contribution in [0.5, 0.6) is 0 Å². The van der Waals surface area contributed by atoms with Crippen LogP contribution in [0.1, 0.15) is 36.9 Å². The van der Waals surface area contributed by atoms with Gasteiger partial charge < -0.3 is 10.1 Å². The van der Waals surface area contributed by atoms with Crippen molar-refractivity contribution in [3.63, 3.8) is 0 Å². The number of pyridine rings is 1. The number of nitrogens with zero attached hydrogens (tertiary/aromatic N) is 1. The minimum Gasteiger partial charge on any atom is -0.381 e. The molecule has 0 radical (unpaired) electrons. The molecule has 0 saturated carbocycles. The van der Waals surface area contributed by atoms with Gasteiger partial charge in [-0.2, -0.15) is 13.2 Å². The van der Waals surface area contributed by atoms with Crippen LogP contribution >= 0.6 is 0 Å². The Morgan fingerprint density at radius 2 is 2.30 bits per heavy atom. The van der Waals surface area contributed by atoms with Crippen molar-refractivity contribution in [2.75, 3.05) is 19.8 Å². The maximum absolute atomic E-state index is 13.1. The Labute approximate surface area is 116 Å². The lowest BCUT2D eigenvalue weighted by atomic mass is 9.92. The lowest BCUT2D eigenvalue weighted by molar-refractivity contribution is -0.138. The fraction of sp³-hybridized carbons (Fsp3) is 0.643. The highest BCUT2D eigenvalue weighted by Gasteiger charge is 2.35. The van der Waals surface area contributed by atoms with Gasteiger partial charge in [0.15, 0.2) is 0 Å². The Hall–Kier alpha value is -1.14. The summed E-state index contributed by atoms with van der Waals surface area (Å²) in [6.45, 7) is 3.83. The highest BCUT2D eigenvalue weighted by atomic mass is 19.4. The molecule has 2 rings (SSSR count). The zero-order chi connectivity index (χ0) is 14.6. The Kier molecular flexibility index (Phi) is 4.99. The van der Waals surface area contributed by atoms with Crippen molar-refractivity contribution in [3.05, 3.63) is 29.6 Å². The molecule has 1 fully saturated rings. The van der Waals surface area contributed by atoms with Crippen molar-refractivity contribution in [1.82, 2.24) is 10.3 Å². The van der Waals surface area contributed by atoms with Crippen molar-refractivity contribution < 1.29 is 17.9 Å². The van der Waals surface area contributed by atoms with Gasteiger partial charge in [-0.15, -0.1) is 0 Å². The van der Waals surface area contributed by atoms with E-state index in [4.69, 9.17) is 4.74 Å². The monoisotopic (exact) mass is 288 g/mol. The summed E-state index contributed by atoms with van der Waals surface area (Å²) >= 11 is 0. The average Bonchev–Trinajstić information content (AvgIpc) is 2.90. The Balaban J connectivity index is 2.24. The van der Waals surface area contributed by atoms with Gasteiger partial charge in [-0.3, -0.25) is 4.98 Å². The van der Waals surface area contributed by atoms with Gasteiger partial charge in [0.05, 0.1) is 5.56 Å². The minimum absolute atomic E-state index is 0.230. The van der Waals surface area contributed by atoms with Crippen LogP contribution in [-0.4, -0.2) is 24.7 Å². The van der Waals surface area contributed by atoms with E-state index in [0.29, 0.717) is 32.1 Å². The van der Waals surface area contributed by atoms with Crippen LogP contribution in [0.3, 0.4) is 0 Å². The van der Waals surface area contributed by atoms with Gasteiger partial charge in [0.2, 0.25) is 0 Å². The van der Waals surface area contributed by atoms with Crippen LogP contribution in [0, 0.1) is 5.92 Å². The average molecular weight is 288 g/mol. The molecule has 0 spiro atoms. The van der Waals surface area contributed by atoms with Crippen molar-refractivity contribution in [1.29, 1.82) is 0 Å². The molecule has 6 heteroatoms. The van der Waals surface area contributed by atoms with Gasteiger partial charge in [-0.1, -0.05) is 6.92 Å². The SMILES string of the molecule is CCNC(CC1CCOC1)c1cnccc1C(F)(F)F. The molecular weight excluding hydrogens is 269 g/mol. The molecule has 0 aliphatic carbocycles. The Bertz CT molecular complexity index is 431. The molecule has 3 nitrogen and oxygen atoms in total. The van der Waals surface area contributed by atoms with Gasteiger partial charge in [0, 0.05) is 31.6 Å². The molecule has 1 N–H and O–H groups in total. The first kappa shape index (κ1) is 15.3. The van der Waals surface area contributed by atoms with E-state index in [1.54, 1.807) is 0 Å². The molecule has 1 aliphatic heterocycles. The number of halogens is 3. The minimum atomic E-state index is -4.35. The molecule has 1 aromatic rings. The molecule has 20 heavy (non-hydrogen) atoms. The van der Waals surface area contributed by atoms with E-state index in [2.05, 4.69) is 10.3 Å². The summed E-state index contributed by atoms with van der Waals surface area (Å²) in [5.74, 6) is 0.306. The van der Waals surface area contributed by atoms with Gasteiger partial charge in [0.1, 0.15) is 0 Å². The summed E-state index contributed by atoms with van der Waals surface area (Å²) in [7, 11) is 0. The van der Waals surface area contributed by atoms with Gasteiger partial charge >= 0.3 is 6.18 Å². The van der Waals surface area contributed by atoms with Crippen LogP contribution in [0.4, 0.5) is 13.2 Å². The molecule has 2 unspecified atom stereocenters. The predicted molar refractivity (Wildman–Crippen MR) is 69.2 cm³/mol. The first-order chi connectivity index (χ1) is 9.52. The Morgan fingerprint density at radius 1 is 1.50 bits per heavy atom.